The van der Waals surface area contributed by atoms with E-state index in [-0.39, 0.29) is 12.1 Å². The smallest absolute Gasteiger partial charge is 0.322 e. The Morgan fingerprint density at radius 1 is 1.44 bits per heavy atom. The number of β-amino-alcohol motifs (C(OH)–C–C–N with tert-alkyl or cyclic N) is 1. The summed E-state index contributed by atoms with van der Waals surface area (Å²) in [6.07, 6.45) is 1.45. The molecule has 1 aromatic heterocycles. The summed E-state index contributed by atoms with van der Waals surface area (Å²) in [5, 5.41) is 12.7. The van der Waals surface area contributed by atoms with Crippen LogP contribution in [0.2, 0.25) is 0 Å². The zero-order chi connectivity index (χ0) is 13.0. The third-order valence-electron chi connectivity index (χ3n) is 2.80. The highest BCUT2D eigenvalue weighted by molar-refractivity contribution is 5.38. The maximum Gasteiger partial charge on any atom is 0.322 e. The molecule has 0 spiro atoms. The monoisotopic (exact) mass is 253 g/mol. The summed E-state index contributed by atoms with van der Waals surface area (Å²) in [4.78, 5) is 14.6. The minimum absolute atomic E-state index is 0.288. The first-order chi connectivity index (χ1) is 8.72. The van der Waals surface area contributed by atoms with Crippen LogP contribution >= 0.6 is 0 Å². The second-order valence-electron chi connectivity index (χ2n) is 4.22. The van der Waals surface area contributed by atoms with E-state index in [1.54, 1.807) is 0 Å². The number of hydrogen-bond donors (Lipinski definition) is 2. The average Bonchev–Trinajstić information content (AvgIpc) is 2.39. The van der Waals surface area contributed by atoms with Crippen molar-refractivity contribution in [2.24, 2.45) is 0 Å². The van der Waals surface area contributed by atoms with Gasteiger partial charge in [0.2, 0.25) is 11.9 Å². The maximum atomic E-state index is 9.68. The number of aliphatic hydroxyl groups is 1. The standard InChI is InChI=1S/C11H19N5O2/c1-3-12-9-13-10(15-11(14-9)18-2)16-6-4-5-8(17)7-16/h8,17H,3-7H2,1-2H3,(H,12,13,14,15). The summed E-state index contributed by atoms with van der Waals surface area (Å²) in [5.41, 5.74) is 0. The lowest BCUT2D eigenvalue weighted by molar-refractivity contribution is 0.153. The van der Waals surface area contributed by atoms with Crippen molar-refractivity contribution in [1.82, 2.24) is 15.0 Å². The molecule has 18 heavy (non-hydrogen) atoms. The summed E-state index contributed by atoms with van der Waals surface area (Å²) in [7, 11) is 1.53. The fourth-order valence-corrected chi connectivity index (χ4v) is 1.95. The van der Waals surface area contributed by atoms with Gasteiger partial charge in [-0.1, -0.05) is 0 Å². The average molecular weight is 253 g/mol. The number of nitrogens with one attached hydrogen (secondary N) is 1. The van der Waals surface area contributed by atoms with Crippen molar-refractivity contribution in [2.45, 2.75) is 25.9 Å². The molecule has 1 aromatic rings. The van der Waals surface area contributed by atoms with Gasteiger partial charge in [-0.05, 0) is 19.8 Å². The molecular weight excluding hydrogens is 234 g/mol. The van der Waals surface area contributed by atoms with Gasteiger partial charge in [0.25, 0.3) is 0 Å². The zero-order valence-corrected chi connectivity index (χ0v) is 10.8. The fraction of sp³-hybridized carbons (Fsp3) is 0.727. The SMILES string of the molecule is CCNc1nc(OC)nc(N2CCCC(O)C2)n1. The molecule has 1 aliphatic heterocycles. The predicted molar refractivity (Wildman–Crippen MR) is 68.0 cm³/mol. The molecule has 0 aliphatic carbocycles. The number of anilines is 2. The molecule has 0 aromatic carbocycles. The van der Waals surface area contributed by atoms with Gasteiger partial charge in [0.1, 0.15) is 0 Å². The van der Waals surface area contributed by atoms with Crippen LogP contribution in [0.1, 0.15) is 19.8 Å². The predicted octanol–water partition coefficient (Wildman–Crippen LogP) is 0.273. The molecule has 1 fully saturated rings. The minimum atomic E-state index is -0.316. The zero-order valence-electron chi connectivity index (χ0n) is 10.8. The van der Waals surface area contributed by atoms with Crippen LogP contribution in [0.15, 0.2) is 0 Å². The van der Waals surface area contributed by atoms with Crippen molar-refractivity contribution < 1.29 is 9.84 Å². The Balaban J connectivity index is 2.22. The van der Waals surface area contributed by atoms with Crippen LogP contribution in [0, 0.1) is 0 Å². The van der Waals surface area contributed by atoms with E-state index in [0.29, 0.717) is 18.4 Å². The van der Waals surface area contributed by atoms with E-state index in [4.69, 9.17) is 4.74 Å². The second kappa shape index (κ2) is 5.81. The molecule has 7 heteroatoms. The quantitative estimate of drug-likeness (QED) is 0.797. The van der Waals surface area contributed by atoms with Gasteiger partial charge in [0.15, 0.2) is 0 Å². The van der Waals surface area contributed by atoms with E-state index in [1.807, 2.05) is 11.8 Å². The van der Waals surface area contributed by atoms with Crippen LogP contribution in [-0.4, -0.2) is 52.9 Å². The fourth-order valence-electron chi connectivity index (χ4n) is 1.95. The normalized spacial score (nSPS) is 19.7. The molecule has 0 radical (unpaired) electrons. The number of rotatable bonds is 4. The molecule has 1 unspecified atom stereocenters. The molecule has 7 nitrogen and oxygen atoms in total. The number of aliphatic hydroxyl groups excluding tert-OH is 1. The number of aromatic nitrogens is 3. The third kappa shape index (κ3) is 2.98. The summed E-state index contributed by atoms with van der Waals surface area (Å²) >= 11 is 0. The van der Waals surface area contributed by atoms with Crippen LogP contribution in [0.4, 0.5) is 11.9 Å². The molecule has 0 saturated carbocycles. The molecule has 2 rings (SSSR count). The van der Waals surface area contributed by atoms with E-state index >= 15 is 0 Å². The highest BCUT2D eigenvalue weighted by Crippen LogP contribution is 2.19. The van der Waals surface area contributed by atoms with E-state index in [2.05, 4.69) is 20.3 Å². The van der Waals surface area contributed by atoms with Gasteiger partial charge in [-0.3, -0.25) is 0 Å². The maximum absolute atomic E-state index is 9.68. The Bertz CT molecular complexity index is 401. The Hall–Kier alpha value is -1.63. The van der Waals surface area contributed by atoms with Crippen molar-refractivity contribution in [3.05, 3.63) is 0 Å². The number of methoxy groups -OCH3 is 1. The van der Waals surface area contributed by atoms with Crippen LogP contribution < -0.4 is 15.0 Å². The van der Waals surface area contributed by atoms with Gasteiger partial charge in [-0.15, -0.1) is 0 Å². The highest BCUT2D eigenvalue weighted by atomic mass is 16.5. The second-order valence-corrected chi connectivity index (χ2v) is 4.22. The van der Waals surface area contributed by atoms with Crippen molar-refractivity contribution in [3.8, 4) is 6.01 Å². The first kappa shape index (κ1) is 12.8. The number of ether oxygens (including phenoxy) is 1. The highest BCUT2D eigenvalue weighted by Gasteiger charge is 2.21. The molecule has 1 saturated heterocycles. The molecule has 0 amide bonds. The van der Waals surface area contributed by atoms with E-state index in [0.717, 1.165) is 25.9 Å². The Labute approximate surface area is 106 Å². The van der Waals surface area contributed by atoms with Crippen LogP contribution in [-0.2, 0) is 0 Å². The summed E-state index contributed by atoms with van der Waals surface area (Å²) < 4.78 is 5.07. The molecular formula is C11H19N5O2. The van der Waals surface area contributed by atoms with Gasteiger partial charge in [-0.25, -0.2) is 0 Å². The molecule has 2 N–H and O–H groups in total. The van der Waals surface area contributed by atoms with Gasteiger partial charge in [-0.2, -0.15) is 15.0 Å². The Morgan fingerprint density at radius 2 is 2.28 bits per heavy atom. The largest absolute Gasteiger partial charge is 0.467 e. The lowest BCUT2D eigenvalue weighted by atomic mass is 10.1. The summed E-state index contributed by atoms with van der Waals surface area (Å²) in [6, 6.07) is 0.288. The lowest BCUT2D eigenvalue weighted by Crippen LogP contribution is -2.39. The van der Waals surface area contributed by atoms with Crippen molar-refractivity contribution in [2.75, 3.05) is 37.0 Å². The summed E-state index contributed by atoms with van der Waals surface area (Å²) in [5.74, 6) is 1.05. The lowest BCUT2D eigenvalue weighted by Gasteiger charge is -2.30. The Morgan fingerprint density at radius 3 is 2.94 bits per heavy atom. The molecule has 100 valence electrons. The van der Waals surface area contributed by atoms with Crippen molar-refractivity contribution in [1.29, 1.82) is 0 Å². The first-order valence-corrected chi connectivity index (χ1v) is 6.20. The molecule has 0 bridgehead atoms. The molecule has 2 heterocycles. The number of hydrogen-bond acceptors (Lipinski definition) is 7. The molecule has 1 aliphatic rings. The number of nitrogens with zero attached hydrogens (tertiary/aromatic N) is 4. The Kier molecular flexibility index (Phi) is 4.14. The van der Waals surface area contributed by atoms with Crippen LogP contribution in [0.5, 0.6) is 6.01 Å². The summed E-state index contributed by atoms with van der Waals surface area (Å²) in [6.45, 7) is 4.10. The van der Waals surface area contributed by atoms with Crippen molar-refractivity contribution >= 4 is 11.9 Å². The van der Waals surface area contributed by atoms with Gasteiger partial charge in [0.05, 0.1) is 13.2 Å². The van der Waals surface area contributed by atoms with E-state index in [9.17, 15) is 5.11 Å². The first-order valence-electron chi connectivity index (χ1n) is 6.20. The van der Waals surface area contributed by atoms with Crippen molar-refractivity contribution in [3.63, 3.8) is 0 Å². The van der Waals surface area contributed by atoms with Crippen LogP contribution in [0.3, 0.4) is 0 Å². The topological polar surface area (TPSA) is 83.4 Å². The van der Waals surface area contributed by atoms with Gasteiger partial charge >= 0.3 is 6.01 Å². The number of piperidine rings is 1. The molecule has 1 atom stereocenters. The minimum Gasteiger partial charge on any atom is -0.467 e. The third-order valence-corrected chi connectivity index (χ3v) is 2.80. The van der Waals surface area contributed by atoms with E-state index < -0.39 is 0 Å². The van der Waals surface area contributed by atoms with Gasteiger partial charge in [0, 0.05) is 19.6 Å². The van der Waals surface area contributed by atoms with Crippen LogP contribution in [0.25, 0.3) is 0 Å². The van der Waals surface area contributed by atoms with Gasteiger partial charge < -0.3 is 20.1 Å². The van der Waals surface area contributed by atoms with E-state index in [1.165, 1.54) is 7.11 Å².